The first-order chi connectivity index (χ1) is 22.7. The van der Waals surface area contributed by atoms with Gasteiger partial charge >= 0.3 is 11.9 Å². The average molecular weight is 674 g/mol. The Hall–Kier alpha value is -4.66. The standard InChI is InChI=1S/C19H18ClNO3.C18H16ClNO3/c1-24-19(23)13-10-9-12-5-4-8-17(15(12)11-13)21-18(22)14-6-2-3-7-16(14)20;19-15-6-2-1-5-13(15)17(21)20-16-7-3-4-11-8-9-12(18(22)23)10-14(11)16/h2-3,6-7,9-11,17H,4-5,8H2,1H3,(H,21,22);1-2,5-6,8-10,16H,3-4,7H2,(H,20,21)(H,22,23)/t17-;16-/m00/s1. The van der Waals surface area contributed by atoms with Gasteiger partial charge in [0.2, 0.25) is 0 Å². The summed E-state index contributed by atoms with van der Waals surface area (Å²) in [5.41, 5.74) is 5.72. The maximum absolute atomic E-state index is 12.5. The summed E-state index contributed by atoms with van der Waals surface area (Å²) < 4.78 is 4.78. The van der Waals surface area contributed by atoms with Gasteiger partial charge in [-0.3, -0.25) is 9.59 Å². The second-order valence-corrected chi connectivity index (χ2v) is 12.2. The van der Waals surface area contributed by atoms with E-state index >= 15 is 0 Å². The average Bonchev–Trinajstić information content (AvgIpc) is 3.08. The van der Waals surface area contributed by atoms with Gasteiger partial charge in [-0.2, -0.15) is 0 Å². The minimum atomic E-state index is -0.963. The van der Waals surface area contributed by atoms with E-state index in [4.69, 9.17) is 33.0 Å². The molecule has 242 valence electrons. The fraction of sp³-hybridized carbons (Fsp3) is 0.243. The van der Waals surface area contributed by atoms with Crippen molar-refractivity contribution in [2.45, 2.75) is 50.6 Å². The molecule has 2 atom stereocenters. The van der Waals surface area contributed by atoms with E-state index in [2.05, 4.69) is 10.6 Å². The largest absolute Gasteiger partial charge is 0.478 e. The topological polar surface area (TPSA) is 122 Å². The third-order valence-corrected chi connectivity index (χ3v) is 9.10. The van der Waals surface area contributed by atoms with Crippen molar-refractivity contribution in [3.63, 3.8) is 0 Å². The van der Waals surface area contributed by atoms with Gasteiger partial charge in [0.1, 0.15) is 0 Å². The van der Waals surface area contributed by atoms with Crippen molar-refractivity contribution < 1.29 is 29.0 Å². The van der Waals surface area contributed by atoms with E-state index in [0.29, 0.717) is 26.7 Å². The van der Waals surface area contributed by atoms with E-state index < -0.39 is 5.97 Å². The molecule has 3 N–H and O–H groups in total. The smallest absolute Gasteiger partial charge is 0.337 e. The van der Waals surface area contributed by atoms with E-state index in [1.807, 2.05) is 18.2 Å². The number of halogens is 2. The van der Waals surface area contributed by atoms with Crippen LogP contribution in [0.4, 0.5) is 0 Å². The summed E-state index contributed by atoms with van der Waals surface area (Å²) in [6, 6.07) is 24.2. The number of aryl methyl sites for hydroxylation is 2. The molecule has 0 saturated heterocycles. The van der Waals surface area contributed by atoms with Crippen LogP contribution in [-0.4, -0.2) is 36.0 Å². The number of carbonyl (C=O) groups excluding carboxylic acids is 3. The van der Waals surface area contributed by atoms with Gasteiger partial charge in [-0.25, -0.2) is 9.59 Å². The van der Waals surface area contributed by atoms with Crippen molar-refractivity contribution in [1.82, 2.24) is 10.6 Å². The van der Waals surface area contributed by atoms with Crippen LogP contribution in [0.5, 0.6) is 0 Å². The molecular weight excluding hydrogens is 639 g/mol. The fourth-order valence-corrected chi connectivity index (χ4v) is 6.48. The number of carboxylic acid groups (broad SMARTS) is 1. The first-order valence-electron chi connectivity index (χ1n) is 15.3. The fourth-order valence-electron chi connectivity index (χ4n) is 6.04. The summed E-state index contributed by atoms with van der Waals surface area (Å²) in [5, 5.41) is 16.0. The maximum atomic E-state index is 12.5. The zero-order chi connectivity index (χ0) is 33.5. The summed E-state index contributed by atoms with van der Waals surface area (Å²) in [4.78, 5) is 47.9. The SMILES string of the molecule is COC(=O)c1ccc2c(c1)[C@@H](NC(=O)c1ccccc1Cl)CCC2.O=C(O)c1ccc2c(c1)[C@@H](NC(=O)c1ccccc1Cl)CCC2. The number of ether oxygens (including phenoxy) is 1. The van der Waals surface area contributed by atoms with Gasteiger partial charge in [0, 0.05) is 0 Å². The van der Waals surface area contributed by atoms with Crippen LogP contribution >= 0.6 is 23.2 Å². The molecule has 0 saturated carbocycles. The Kier molecular flexibility index (Phi) is 11.0. The molecule has 0 spiro atoms. The number of hydrogen-bond donors (Lipinski definition) is 3. The predicted octanol–water partition coefficient (Wildman–Crippen LogP) is 7.78. The summed E-state index contributed by atoms with van der Waals surface area (Å²) in [7, 11) is 1.36. The zero-order valence-corrected chi connectivity index (χ0v) is 27.2. The molecule has 0 aromatic heterocycles. The van der Waals surface area contributed by atoms with Gasteiger partial charge in [-0.1, -0.05) is 59.6 Å². The van der Waals surface area contributed by atoms with Crippen LogP contribution < -0.4 is 10.6 Å². The van der Waals surface area contributed by atoms with E-state index in [0.717, 1.165) is 60.8 Å². The number of amides is 2. The van der Waals surface area contributed by atoms with Crippen LogP contribution in [0.1, 0.15) is 101 Å². The highest BCUT2D eigenvalue weighted by atomic mass is 35.5. The monoisotopic (exact) mass is 672 g/mol. The summed E-state index contributed by atoms with van der Waals surface area (Å²) >= 11 is 12.2. The van der Waals surface area contributed by atoms with Crippen molar-refractivity contribution in [2.75, 3.05) is 7.11 Å². The van der Waals surface area contributed by atoms with Crippen molar-refractivity contribution in [2.24, 2.45) is 0 Å². The minimum Gasteiger partial charge on any atom is -0.478 e. The maximum Gasteiger partial charge on any atom is 0.337 e. The minimum absolute atomic E-state index is 0.137. The normalized spacial score (nSPS) is 16.3. The zero-order valence-electron chi connectivity index (χ0n) is 25.7. The number of carbonyl (C=O) groups is 4. The van der Waals surface area contributed by atoms with Crippen molar-refractivity contribution in [3.05, 3.63) is 139 Å². The highest BCUT2D eigenvalue weighted by Gasteiger charge is 2.26. The van der Waals surface area contributed by atoms with Gasteiger partial charge < -0.3 is 20.5 Å². The Balaban J connectivity index is 0.000000185. The molecule has 0 unspecified atom stereocenters. The second kappa shape index (κ2) is 15.3. The molecule has 2 aliphatic rings. The van der Waals surface area contributed by atoms with Gasteiger partial charge in [-0.05, 0) is 109 Å². The number of fused-ring (bicyclic) bond motifs is 2. The van der Waals surface area contributed by atoms with Gasteiger partial charge in [0.25, 0.3) is 11.8 Å². The van der Waals surface area contributed by atoms with Gasteiger partial charge in [0.15, 0.2) is 0 Å². The summed E-state index contributed by atoms with van der Waals surface area (Å²) in [6.07, 6.45) is 5.38. The number of nitrogens with one attached hydrogen (secondary N) is 2. The quantitative estimate of drug-likeness (QED) is 0.180. The highest BCUT2D eigenvalue weighted by Crippen LogP contribution is 2.33. The number of benzene rings is 4. The number of carboxylic acids is 1. The molecular formula is C37H34Cl2N2O6. The molecule has 2 aliphatic carbocycles. The van der Waals surface area contributed by atoms with Crippen LogP contribution in [0.3, 0.4) is 0 Å². The molecule has 0 bridgehead atoms. The number of methoxy groups -OCH3 is 1. The van der Waals surface area contributed by atoms with E-state index in [9.17, 15) is 19.2 Å². The lowest BCUT2D eigenvalue weighted by Crippen LogP contribution is -2.31. The van der Waals surface area contributed by atoms with Gasteiger partial charge in [-0.15, -0.1) is 0 Å². The first-order valence-corrected chi connectivity index (χ1v) is 16.1. The lowest BCUT2D eigenvalue weighted by atomic mass is 9.86. The molecule has 0 aliphatic heterocycles. The second-order valence-electron chi connectivity index (χ2n) is 11.4. The molecule has 4 aromatic rings. The molecule has 0 heterocycles. The molecule has 10 heteroatoms. The first kappa shape index (κ1) is 33.7. The third kappa shape index (κ3) is 8.02. The summed E-state index contributed by atoms with van der Waals surface area (Å²) in [5.74, 6) is -1.79. The van der Waals surface area contributed by atoms with Crippen molar-refractivity contribution in [3.8, 4) is 0 Å². The third-order valence-electron chi connectivity index (χ3n) is 8.44. The van der Waals surface area contributed by atoms with E-state index in [1.54, 1.807) is 66.7 Å². The lowest BCUT2D eigenvalue weighted by molar-refractivity contribution is 0.0599. The van der Waals surface area contributed by atoms with E-state index in [-0.39, 0.29) is 35.4 Å². The number of hydrogen-bond acceptors (Lipinski definition) is 5. The molecule has 0 fully saturated rings. The van der Waals surface area contributed by atoms with Crippen molar-refractivity contribution >= 4 is 47.0 Å². The predicted molar refractivity (Wildman–Crippen MR) is 180 cm³/mol. The molecule has 0 radical (unpaired) electrons. The molecule has 2 amide bonds. The van der Waals surface area contributed by atoms with Crippen LogP contribution in [0, 0.1) is 0 Å². The van der Waals surface area contributed by atoms with Crippen LogP contribution in [-0.2, 0) is 17.6 Å². The van der Waals surface area contributed by atoms with Crippen molar-refractivity contribution in [1.29, 1.82) is 0 Å². The Labute approximate surface area is 283 Å². The number of rotatable bonds is 6. The van der Waals surface area contributed by atoms with Crippen LogP contribution in [0.15, 0.2) is 84.9 Å². The highest BCUT2D eigenvalue weighted by molar-refractivity contribution is 6.34. The van der Waals surface area contributed by atoms with Gasteiger partial charge in [0.05, 0.1) is 51.5 Å². The molecule has 6 rings (SSSR count). The molecule has 8 nitrogen and oxygen atoms in total. The Morgan fingerprint density at radius 1 is 0.681 bits per heavy atom. The molecule has 4 aromatic carbocycles. The van der Waals surface area contributed by atoms with E-state index in [1.165, 1.54) is 7.11 Å². The number of esters is 1. The van der Waals surface area contributed by atoms with Crippen LogP contribution in [0.2, 0.25) is 10.0 Å². The number of aromatic carboxylic acids is 1. The Morgan fingerprint density at radius 3 is 1.57 bits per heavy atom. The Bertz CT molecular complexity index is 1820. The molecule has 47 heavy (non-hydrogen) atoms. The summed E-state index contributed by atoms with van der Waals surface area (Å²) in [6.45, 7) is 0. The lowest BCUT2D eigenvalue weighted by Gasteiger charge is -2.27. The Morgan fingerprint density at radius 2 is 1.13 bits per heavy atom. The van der Waals surface area contributed by atoms with Crippen LogP contribution in [0.25, 0.3) is 0 Å².